The van der Waals surface area contributed by atoms with Crippen molar-refractivity contribution in [3.63, 3.8) is 0 Å². The third-order valence-electron chi connectivity index (χ3n) is 6.20. The van der Waals surface area contributed by atoms with E-state index in [4.69, 9.17) is 9.72 Å². The second kappa shape index (κ2) is 9.97. The van der Waals surface area contributed by atoms with E-state index in [0.717, 1.165) is 27.4 Å². The highest BCUT2D eigenvalue weighted by molar-refractivity contribution is 7.99. The number of fused-ring (bicyclic) bond motifs is 3. The quantitative estimate of drug-likeness (QED) is 0.273. The SMILES string of the molecule is Cc1ccccc1-n1c(SCC(=O)Nc2ccccc2)nc2sc3c(c2c1=O)CC(C(C)C)OC3. The second-order valence-electron chi connectivity index (χ2n) is 9.01. The minimum absolute atomic E-state index is 0.0855. The van der Waals surface area contributed by atoms with Crippen molar-refractivity contribution >= 4 is 44.9 Å². The second-order valence-corrected chi connectivity index (χ2v) is 11.0. The molecule has 0 fully saturated rings. The predicted octanol–water partition coefficient (Wildman–Crippen LogP) is 5.58. The van der Waals surface area contributed by atoms with Crippen LogP contribution in [0.4, 0.5) is 5.69 Å². The van der Waals surface area contributed by atoms with E-state index >= 15 is 0 Å². The Hall–Kier alpha value is -2.94. The summed E-state index contributed by atoms with van der Waals surface area (Å²) >= 11 is 2.80. The molecule has 2 aromatic carbocycles. The molecule has 8 heteroatoms. The van der Waals surface area contributed by atoms with Crippen LogP contribution in [0.25, 0.3) is 15.9 Å². The lowest BCUT2D eigenvalue weighted by atomic mass is 9.96. The Morgan fingerprint density at radius 3 is 2.69 bits per heavy atom. The van der Waals surface area contributed by atoms with E-state index in [1.54, 1.807) is 4.57 Å². The maximum atomic E-state index is 14.0. The smallest absolute Gasteiger partial charge is 0.267 e. The molecule has 4 aromatic rings. The molecule has 1 aliphatic heterocycles. The number of nitrogens with one attached hydrogen (secondary N) is 1. The van der Waals surface area contributed by atoms with Crippen LogP contribution >= 0.6 is 23.1 Å². The molecule has 0 radical (unpaired) electrons. The molecule has 1 amide bonds. The van der Waals surface area contributed by atoms with Crippen LogP contribution in [-0.2, 0) is 22.6 Å². The number of carbonyl (C=O) groups excluding carboxylic acids is 1. The van der Waals surface area contributed by atoms with Crippen molar-refractivity contribution in [2.75, 3.05) is 11.1 Å². The standard InChI is InChI=1S/C27H27N3O3S2/c1-16(2)21-13-19-22(14-33-21)35-25-24(19)26(32)30(20-12-8-7-9-17(20)3)27(29-25)34-15-23(31)28-18-10-5-4-6-11-18/h4-12,16,21H,13-15H2,1-3H3,(H,28,31). The summed E-state index contributed by atoms with van der Waals surface area (Å²) in [5, 5.41) is 4.10. The van der Waals surface area contributed by atoms with Gasteiger partial charge in [0.25, 0.3) is 5.56 Å². The van der Waals surface area contributed by atoms with Gasteiger partial charge in [0, 0.05) is 17.0 Å². The Balaban J connectivity index is 1.56. The highest BCUT2D eigenvalue weighted by atomic mass is 32.2. The Bertz CT molecular complexity index is 1440. The number of aryl methyl sites for hydroxylation is 1. The molecule has 0 aliphatic carbocycles. The lowest BCUT2D eigenvalue weighted by Gasteiger charge is -2.26. The van der Waals surface area contributed by atoms with Crippen LogP contribution in [-0.4, -0.2) is 27.3 Å². The van der Waals surface area contributed by atoms with Crippen molar-refractivity contribution in [1.82, 2.24) is 9.55 Å². The fraction of sp³-hybridized carbons (Fsp3) is 0.296. The summed E-state index contributed by atoms with van der Waals surface area (Å²) in [5.41, 5.74) is 3.47. The first-order valence-electron chi connectivity index (χ1n) is 11.6. The maximum absolute atomic E-state index is 14.0. The van der Waals surface area contributed by atoms with Gasteiger partial charge in [0.1, 0.15) is 4.83 Å². The van der Waals surface area contributed by atoms with Gasteiger partial charge in [0.05, 0.1) is 29.5 Å². The minimum Gasteiger partial charge on any atom is -0.372 e. The average Bonchev–Trinajstić information content (AvgIpc) is 3.22. The molecule has 6 nitrogen and oxygen atoms in total. The summed E-state index contributed by atoms with van der Waals surface area (Å²) < 4.78 is 7.72. The van der Waals surface area contributed by atoms with E-state index in [-0.39, 0.29) is 23.3 Å². The molecule has 2 aromatic heterocycles. The molecule has 1 N–H and O–H groups in total. The number of thiophene rings is 1. The summed E-state index contributed by atoms with van der Waals surface area (Å²) in [4.78, 5) is 33.4. The molecule has 0 saturated carbocycles. The predicted molar refractivity (Wildman–Crippen MR) is 143 cm³/mol. The van der Waals surface area contributed by atoms with Gasteiger partial charge in [-0.25, -0.2) is 4.98 Å². The minimum atomic E-state index is -0.148. The molecule has 0 saturated heterocycles. The molecule has 1 atom stereocenters. The van der Waals surface area contributed by atoms with Gasteiger partial charge in [0.15, 0.2) is 5.16 Å². The first-order chi connectivity index (χ1) is 16.9. The molecule has 180 valence electrons. The van der Waals surface area contributed by atoms with Gasteiger partial charge in [-0.05, 0) is 42.2 Å². The molecule has 5 rings (SSSR count). The maximum Gasteiger partial charge on any atom is 0.267 e. The number of amides is 1. The lowest BCUT2D eigenvalue weighted by Crippen LogP contribution is -2.28. The fourth-order valence-electron chi connectivity index (χ4n) is 4.31. The first kappa shape index (κ1) is 23.8. The van der Waals surface area contributed by atoms with E-state index in [0.29, 0.717) is 34.3 Å². The van der Waals surface area contributed by atoms with Crippen molar-refractivity contribution in [2.24, 2.45) is 5.92 Å². The van der Waals surface area contributed by atoms with Crippen LogP contribution in [0.3, 0.4) is 0 Å². The molecule has 1 unspecified atom stereocenters. The van der Waals surface area contributed by atoms with Gasteiger partial charge in [0.2, 0.25) is 5.91 Å². The van der Waals surface area contributed by atoms with Crippen molar-refractivity contribution in [2.45, 2.75) is 45.1 Å². The highest BCUT2D eigenvalue weighted by Crippen LogP contribution is 2.36. The van der Waals surface area contributed by atoms with E-state index in [2.05, 4.69) is 19.2 Å². The van der Waals surface area contributed by atoms with E-state index in [9.17, 15) is 9.59 Å². The number of nitrogens with zero attached hydrogens (tertiary/aromatic N) is 2. The summed E-state index contributed by atoms with van der Waals surface area (Å²) in [6.45, 7) is 6.77. The van der Waals surface area contributed by atoms with E-state index < -0.39 is 0 Å². The number of aromatic nitrogens is 2. The monoisotopic (exact) mass is 505 g/mol. The Morgan fingerprint density at radius 2 is 1.94 bits per heavy atom. The zero-order valence-corrected chi connectivity index (χ0v) is 21.5. The Morgan fingerprint density at radius 1 is 1.20 bits per heavy atom. The number of rotatable bonds is 6. The third kappa shape index (κ3) is 4.78. The Labute approximate surface area is 212 Å². The summed E-state index contributed by atoms with van der Waals surface area (Å²) in [6.07, 6.45) is 0.797. The summed E-state index contributed by atoms with van der Waals surface area (Å²) in [6, 6.07) is 17.1. The topological polar surface area (TPSA) is 73.2 Å². The van der Waals surface area contributed by atoms with Crippen molar-refractivity contribution in [3.05, 3.63) is 81.0 Å². The number of ether oxygens (including phenoxy) is 1. The number of para-hydroxylation sites is 2. The summed E-state index contributed by atoms with van der Waals surface area (Å²) in [7, 11) is 0. The number of thioether (sulfide) groups is 1. The average molecular weight is 506 g/mol. The largest absolute Gasteiger partial charge is 0.372 e. The Kier molecular flexibility index (Phi) is 6.77. The van der Waals surface area contributed by atoms with Crippen molar-refractivity contribution < 1.29 is 9.53 Å². The van der Waals surface area contributed by atoms with Gasteiger partial charge >= 0.3 is 0 Å². The fourth-order valence-corrected chi connectivity index (χ4v) is 6.28. The molecule has 0 bridgehead atoms. The van der Waals surface area contributed by atoms with E-state index in [1.807, 2.05) is 61.5 Å². The normalized spacial score (nSPS) is 15.4. The number of anilines is 1. The highest BCUT2D eigenvalue weighted by Gasteiger charge is 2.29. The van der Waals surface area contributed by atoms with Crippen LogP contribution in [0.5, 0.6) is 0 Å². The zero-order valence-electron chi connectivity index (χ0n) is 19.9. The number of hydrogen-bond acceptors (Lipinski definition) is 6. The first-order valence-corrected chi connectivity index (χ1v) is 13.4. The van der Waals surface area contributed by atoms with Gasteiger partial charge in [-0.1, -0.05) is 62.0 Å². The van der Waals surface area contributed by atoms with Gasteiger partial charge in [-0.15, -0.1) is 11.3 Å². The molecule has 0 spiro atoms. The van der Waals surface area contributed by atoms with Crippen molar-refractivity contribution in [3.8, 4) is 5.69 Å². The van der Waals surface area contributed by atoms with Crippen LogP contribution in [0, 0.1) is 12.8 Å². The van der Waals surface area contributed by atoms with E-state index in [1.165, 1.54) is 23.1 Å². The van der Waals surface area contributed by atoms with Gasteiger partial charge < -0.3 is 10.1 Å². The van der Waals surface area contributed by atoms with Crippen molar-refractivity contribution in [1.29, 1.82) is 0 Å². The molecule has 1 aliphatic rings. The zero-order chi connectivity index (χ0) is 24.5. The van der Waals surface area contributed by atoms with Crippen LogP contribution in [0.15, 0.2) is 64.5 Å². The molecular formula is C27H27N3O3S2. The molecule has 35 heavy (non-hydrogen) atoms. The number of benzene rings is 2. The van der Waals surface area contributed by atoms with Crippen LogP contribution in [0.1, 0.15) is 29.9 Å². The number of hydrogen-bond donors (Lipinski definition) is 1. The summed E-state index contributed by atoms with van der Waals surface area (Å²) in [5.74, 6) is 0.357. The van der Waals surface area contributed by atoms with Gasteiger partial charge in [-0.3, -0.25) is 14.2 Å². The third-order valence-corrected chi connectivity index (χ3v) is 8.24. The number of carbonyl (C=O) groups is 1. The lowest BCUT2D eigenvalue weighted by molar-refractivity contribution is -0.113. The molecule has 3 heterocycles. The molecular weight excluding hydrogens is 478 g/mol. The van der Waals surface area contributed by atoms with Gasteiger partial charge in [-0.2, -0.15) is 0 Å². The van der Waals surface area contributed by atoms with Crippen LogP contribution < -0.4 is 10.9 Å². The van der Waals surface area contributed by atoms with Crippen LogP contribution in [0.2, 0.25) is 0 Å².